The van der Waals surface area contributed by atoms with Crippen molar-refractivity contribution in [3.05, 3.63) is 65.7 Å². The lowest BCUT2D eigenvalue weighted by atomic mass is 9.86. The molecule has 0 spiro atoms. The Kier molecular flexibility index (Phi) is 3.00. The van der Waals surface area contributed by atoms with Gasteiger partial charge in [0.15, 0.2) is 0 Å². The van der Waals surface area contributed by atoms with Gasteiger partial charge in [-0.1, -0.05) is 42.5 Å². The lowest BCUT2D eigenvalue weighted by molar-refractivity contribution is 0.132. The number of hydrogen-bond acceptors (Lipinski definition) is 2. The van der Waals surface area contributed by atoms with E-state index in [0.29, 0.717) is 6.10 Å². The highest BCUT2D eigenvalue weighted by molar-refractivity contribution is 5.39. The normalized spacial score (nSPS) is 20.8. The molecular weight excluding hydrogens is 260 g/mol. The lowest BCUT2D eigenvalue weighted by Gasteiger charge is -2.23. The lowest BCUT2D eigenvalue weighted by Crippen LogP contribution is -2.18. The number of benzene rings is 2. The van der Waals surface area contributed by atoms with E-state index in [-0.39, 0.29) is 5.41 Å². The minimum Gasteiger partial charge on any atom is -0.490 e. The predicted molar refractivity (Wildman–Crippen MR) is 82.4 cm³/mol. The molecule has 4 rings (SSSR count). The number of hydrogen-bond donors (Lipinski definition) is 1. The van der Waals surface area contributed by atoms with Gasteiger partial charge in [0.1, 0.15) is 5.75 Å². The van der Waals surface area contributed by atoms with E-state index in [9.17, 15) is 5.11 Å². The molecule has 108 valence electrons. The fourth-order valence-corrected chi connectivity index (χ4v) is 3.08. The van der Waals surface area contributed by atoms with Crippen LogP contribution in [0.1, 0.15) is 42.9 Å². The van der Waals surface area contributed by atoms with E-state index >= 15 is 0 Å². The molecule has 2 heteroatoms. The minimum absolute atomic E-state index is 0.0978. The van der Waals surface area contributed by atoms with Crippen LogP contribution in [0.25, 0.3) is 0 Å². The molecule has 0 amide bonds. The van der Waals surface area contributed by atoms with Crippen molar-refractivity contribution in [3.8, 4) is 5.75 Å². The summed E-state index contributed by atoms with van der Waals surface area (Å²) in [5.74, 6) is 0.887. The standard InChI is InChI=1S/C19H20O2/c20-18(19(11-12-19)15-6-2-1-3-7-15)14-5-4-8-17(13-14)21-16-9-10-16/h1-8,13,16,18,20H,9-12H2. The van der Waals surface area contributed by atoms with Gasteiger partial charge < -0.3 is 9.84 Å². The second-order valence-corrected chi connectivity index (χ2v) is 6.31. The van der Waals surface area contributed by atoms with Crippen LogP contribution < -0.4 is 4.74 Å². The first-order chi connectivity index (χ1) is 10.3. The van der Waals surface area contributed by atoms with Gasteiger partial charge >= 0.3 is 0 Å². The van der Waals surface area contributed by atoms with E-state index in [1.165, 1.54) is 5.56 Å². The third-order valence-corrected chi connectivity index (χ3v) is 4.66. The monoisotopic (exact) mass is 280 g/mol. The molecule has 0 aliphatic heterocycles. The van der Waals surface area contributed by atoms with Crippen molar-refractivity contribution in [2.45, 2.75) is 43.3 Å². The van der Waals surface area contributed by atoms with Gasteiger partial charge in [-0.05, 0) is 48.9 Å². The molecule has 2 fully saturated rings. The molecule has 0 aromatic heterocycles. The average Bonchev–Trinajstić information content (AvgIpc) is 3.43. The first kappa shape index (κ1) is 12.9. The molecule has 2 nitrogen and oxygen atoms in total. The third-order valence-electron chi connectivity index (χ3n) is 4.66. The molecule has 1 N–H and O–H groups in total. The van der Waals surface area contributed by atoms with Crippen molar-refractivity contribution < 1.29 is 9.84 Å². The maximum absolute atomic E-state index is 10.9. The molecular formula is C19H20O2. The van der Waals surface area contributed by atoms with Crippen LogP contribution in [0.5, 0.6) is 5.75 Å². The van der Waals surface area contributed by atoms with Gasteiger partial charge in [-0.15, -0.1) is 0 Å². The fraction of sp³-hybridized carbons (Fsp3) is 0.368. The van der Waals surface area contributed by atoms with Crippen molar-refractivity contribution in [3.63, 3.8) is 0 Å². The second kappa shape index (κ2) is 4.88. The van der Waals surface area contributed by atoms with Gasteiger partial charge in [0.05, 0.1) is 12.2 Å². The van der Waals surface area contributed by atoms with Crippen molar-refractivity contribution >= 4 is 0 Å². The highest BCUT2D eigenvalue weighted by atomic mass is 16.5. The molecule has 2 aromatic rings. The summed E-state index contributed by atoms with van der Waals surface area (Å²) in [6.07, 6.45) is 4.34. The smallest absolute Gasteiger partial charge is 0.120 e. The summed E-state index contributed by atoms with van der Waals surface area (Å²) in [5.41, 5.74) is 2.11. The molecule has 2 aliphatic carbocycles. The van der Waals surface area contributed by atoms with E-state index in [2.05, 4.69) is 24.3 Å². The zero-order valence-electron chi connectivity index (χ0n) is 12.0. The van der Waals surface area contributed by atoms with Crippen LogP contribution in [0.3, 0.4) is 0 Å². The molecule has 2 aromatic carbocycles. The largest absolute Gasteiger partial charge is 0.490 e. The van der Waals surface area contributed by atoms with Crippen molar-refractivity contribution in [1.82, 2.24) is 0 Å². The van der Waals surface area contributed by atoms with Crippen molar-refractivity contribution in [1.29, 1.82) is 0 Å². The van der Waals surface area contributed by atoms with Crippen LogP contribution in [0.15, 0.2) is 54.6 Å². The number of rotatable bonds is 5. The summed E-state index contributed by atoms with van der Waals surface area (Å²) in [5, 5.41) is 10.9. The predicted octanol–water partition coefficient (Wildman–Crippen LogP) is 3.99. The van der Waals surface area contributed by atoms with Gasteiger partial charge in [-0.25, -0.2) is 0 Å². The Morgan fingerprint density at radius 3 is 2.43 bits per heavy atom. The van der Waals surface area contributed by atoms with E-state index in [1.807, 2.05) is 30.3 Å². The third kappa shape index (κ3) is 2.44. The van der Waals surface area contributed by atoms with E-state index < -0.39 is 6.10 Å². The number of aliphatic hydroxyl groups excluding tert-OH is 1. The molecule has 0 bridgehead atoms. The Labute approximate surface area is 125 Å². The topological polar surface area (TPSA) is 29.5 Å². The zero-order valence-corrected chi connectivity index (χ0v) is 12.0. The van der Waals surface area contributed by atoms with E-state index in [1.54, 1.807) is 0 Å². The SMILES string of the molecule is OC(c1cccc(OC2CC2)c1)C1(c2ccccc2)CC1. The molecule has 2 saturated carbocycles. The van der Waals surface area contributed by atoms with Gasteiger partial charge in [0.2, 0.25) is 0 Å². The van der Waals surface area contributed by atoms with Crippen LogP contribution in [-0.2, 0) is 5.41 Å². The Morgan fingerprint density at radius 1 is 1.00 bits per heavy atom. The fourth-order valence-electron chi connectivity index (χ4n) is 3.08. The number of ether oxygens (including phenoxy) is 1. The minimum atomic E-state index is -0.456. The quantitative estimate of drug-likeness (QED) is 0.897. The molecule has 21 heavy (non-hydrogen) atoms. The molecule has 1 atom stereocenters. The number of aliphatic hydroxyl groups is 1. The average molecular weight is 280 g/mol. The molecule has 1 unspecified atom stereocenters. The summed E-state index contributed by atoms with van der Waals surface area (Å²) >= 11 is 0. The van der Waals surface area contributed by atoms with Crippen LogP contribution in [0.2, 0.25) is 0 Å². The Bertz CT molecular complexity index is 627. The van der Waals surface area contributed by atoms with Crippen LogP contribution in [0.4, 0.5) is 0 Å². The van der Waals surface area contributed by atoms with Gasteiger partial charge in [0.25, 0.3) is 0 Å². The maximum atomic E-state index is 10.9. The summed E-state index contributed by atoms with van der Waals surface area (Å²) in [7, 11) is 0. The summed E-state index contributed by atoms with van der Waals surface area (Å²) < 4.78 is 5.84. The van der Waals surface area contributed by atoms with Crippen molar-refractivity contribution in [2.75, 3.05) is 0 Å². The second-order valence-electron chi connectivity index (χ2n) is 6.31. The molecule has 2 aliphatic rings. The molecule has 0 radical (unpaired) electrons. The summed E-state index contributed by atoms with van der Waals surface area (Å²) in [6.45, 7) is 0. The van der Waals surface area contributed by atoms with Gasteiger partial charge in [0, 0.05) is 5.41 Å². The van der Waals surface area contributed by atoms with Gasteiger partial charge in [-0.3, -0.25) is 0 Å². The Hall–Kier alpha value is -1.80. The maximum Gasteiger partial charge on any atom is 0.120 e. The first-order valence-electron chi connectivity index (χ1n) is 7.78. The van der Waals surface area contributed by atoms with Gasteiger partial charge in [-0.2, -0.15) is 0 Å². The van der Waals surface area contributed by atoms with Crippen LogP contribution in [0, 0.1) is 0 Å². The Morgan fingerprint density at radius 2 is 1.76 bits per heavy atom. The summed E-state index contributed by atoms with van der Waals surface area (Å²) in [6, 6.07) is 18.4. The highest BCUT2D eigenvalue weighted by Crippen LogP contribution is 2.56. The first-order valence-corrected chi connectivity index (χ1v) is 7.78. The Balaban J connectivity index is 1.60. The molecule has 0 heterocycles. The highest BCUT2D eigenvalue weighted by Gasteiger charge is 2.50. The molecule has 0 saturated heterocycles. The van der Waals surface area contributed by atoms with Crippen molar-refractivity contribution in [2.24, 2.45) is 0 Å². The van der Waals surface area contributed by atoms with E-state index in [4.69, 9.17) is 4.74 Å². The van der Waals surface area contributed by atoms with Crippen LogP contribution in [-0.4, -0.2) is 11.2 Å². The van der Waals surface area contributed by atoms with E-state index in [0.717, 1.165) is 37.0 Å². The van der Waals surface area contributed by atoms with Crippen LogP contribution >= 0.6 is 0 Å². The summed E-state index contributed by atoms with van der Waals surface area (Å²) in [4.78, 5) is 0. The zero-order chi connectivity index (χ0) is 14.3.